The Labute approximate surface area is 106 Å². The number of aldehydes is 1. The smallest absolute Gasteiger partial charge is 0.325 e. The fourth-order valence-corrected chi connectivity index (χ4v) is 2.28. The van der Waals surface area contributed by atoms with Gasteiger partial charge in [-0.3, -0.25) is 14.9 Å². The van der Waals surface area contributed by atoms with E-state index >= 15 is 0 Å². The van der Waals surface area contributed by atoms with Crippen LogP contribution in [0.5, 0.6) is 11.5 Å². The summed E-state index contributed by atoms with van der Waals surface area (Å²) in [7, 11) is -0.608. The van der Waals surface area contributed by atoms with Crippen molar-refractivity contribution in [3.8, 4) is 11.5 Å². The van der Waals surface area contributed by atoms with Gasteiger partial charge in [0, 0.05) is 0 Å². The maximum absolute atomic E-state index is 11.0. The number of nitrogens with zero attached hydrogens (tertiary/aromatic N) is 1. The van der Waals surface area contributed by atoms with E-state index in [4.69, 9.17) is 9.16 Å². The highest BCUT2D eigenvalue weighted by atomic mass is 28.4. The molecule has 0 fully saturated rings. The van der Waals surface area contributed by atoms with Crippen molar-refractivity contribution in [1.82, 2.24) is 0 Å². The molecule has 18 heavy (non-hydrogen) atoms. The highest BCUT2D eigenvalue weighted by Crippen LogP contribution is 2.39. The number of carbonyl (C=O) groups excluding carboxylic acids is 1. The molecule has 0 aliphatic rings. The van der Waals surface area contributed by atoms with E-state index < -0.39 is 13.2 Å². The number of rotatable bonds is 5. The number of hydrogen-bond acceptors (Lipinski definition) is 5. The Morgan fingerprint density at radius 2 is 1.94 bits per heavy atom. The molecule has 0 heterocycles. The Hall–Kier alpha value is -1.89. The van der Waals surface area contributed by atoms with Crippen LogP contribution in [-0.2, 0) is 0 Å². The van der Waals surface area contributed by atoms with Crippen LogP contribution in [0.4, 0.5) is 5.69 Å². The molecule has 0 N–H and O–H groups in total. The minimum Gasteiger partial charge on any atom is -0.542 e. The molecule has 98 valence electrons. The minimum absolute atomic E-state index is 0.00738. The molecule has 0 aliphatic heterocycles. The van der Waals surface area contributed by atoms with Crippen LogP contribution in [0.1, 0.15) is 10.4 Å². The second-order valence-corrected chi connectivity index (χ2v) is 9.05. The Morgan fingerprint density at radius 1 is 1.33 bits per heavy atom. The first-order valence-corrected chi connectivity index (χ1v) is 8.70. The van der Waals surface area contributed by atoms with E-state index in [0.717, 1.165) is 0 Å². The molecule has 0 aliphatic carbocycles. The lowest BCUT2D eigenvalue weighted by atomic mass is 10.1. The van der Waals surface area contributed by atoms with Gasteiger partial charge in [-0.2, -0.15) is 0 Å². The van der Waals surface area contributed by atoms with E-state index in [1.54, 1.807) is 0 Å². The third-order valence-electron chi connectivity index (χ3n) is 2.06. The van der Waals surface area contributed by atoms with Gasteiger partial charge in [-0.05, 0) is 31.8 Å². The van der Waals surface area contributed by atoms with Crippen LogP contribution in [-0.4, -0.2) is 26.6 Å². The Kier molecular flexibility index (Phi) is 4.07. The van der Waals surface area contributed by atoms with Crippen LogP contribution >= 0.6 is 0 Å². The van der Waals surface area contributed by atoms with Gasteiger partial charge in [0.15, 0.2) is 12.0 Å². The van der Waals surface area contributed by atoms with Crippen molar-refractivity contribution in [2.45, 2.75) is 19.6 Å². The van der Waals surface area contributed by atoms with Crippen molar-refractivity contribution in [1.29, 1.82) is 0 Å². The predicted molar refractivity (Wildman–Crippen MR) is 69.0 cm³/mol. The molecule has 0 aromatic heterocycles. The van der Waals surface area contributed by atoms with E-state index in [2.05, 4.69) is 0 Å². The van der Waals surface area contributed by atoms with E-state index in [1.165, 1.54) is 19.2 Å². The van der Waals surface area contributed by atoms with Gasteiger partial charge < -0.3 is 9.16 Å². The van der Waals surface area contributed by atoms with Gasteiger partial charge in [0.1, 0.15) is 0 Å². The fourth-order valence-electron chi connectivity index (χ4n) is 1.46. The molecule has 0 amide bonds. The molecule has 1 aromatic carbocycles. The molecule has 0 atom stereocenters. The third-order valence-corrected chi connectivity index (χ3v) is 2.89. The van der Waals surface area contributed by atoms with Crippen molar-refractivity contribution in [2.24, 2.45) is 0 Å². The molecule has 0 radical (unpaired) electrons. The summed E-state index contributed by atoms with van der Waals surface area (Å²) in [5.41, 5.74) is -0.386. The van der Waals surface area contributed by atoms with Crippen molar-refractivity contribution < 1.29 is 18.9 Å². The van der Waals surface area contributed by atoms with Gasteiger partial charge in [0.2, 0.25) is 14.1 Å². The van der Waals surface area contributed by atoms with Gasteiger partial charge in [-0.15, -0.1) is 0 Å². The average Bonchev–Trinajstić information content (AvgIpc) is 2.26. The van der Waals surface area contributed by atoms with Gasteiger partial charge in [0.05, 0.1) is 17.6 Å². The maximum Gasteiger partial charge on any atom is 0.325 e. The minimum atomic E-state index is -1.92. The largest absolute Gasteiger partial charge is 0.542 e. The second kappa shape index (κ2) is 5.17. The first-order valence-electron chi connectivity index (χ1n) is 5.29. The van der Waals surface area contributed by atoms with Gasteiger partial charge in [-0.25, -0.2) is 0 Å². The first kappa shape index (κ1) is 14.2. The zero-order valence-electron chi connectivity index (χ0n) is 10.7. The molecule has 0 bridgehead atoms. The summed E-state index contributed by atoms with van der Waals surface area (Å²) in [6, 6.07) is 2.89. The SMILES string of the molecule is COc1c(O[Si](C)(C)C)ccc(C=O)c1[N+](=O)[O-]. The average molecular weight is 269 g/mol. The van der Waals surface area contributed by atoms with Crippen LogP contribution in [0.3, 0.4) is 0 Å². The van der Waals surface area contributed by atoms with Crippen LogP contribution in [0.25, 0.3) is 0 Å². The zero-order valence-corrected chi connectivity index (χ0v) is 11.7. The monoisotopic (exact) mass is 269 g/mol. The molecule has 0 saturated carbocycles. The number of nitro benzene ring substituents is 1. The van der Waals surface area contributed by atoms with Crippen LogP contribution in [0, 0.1) is 10.1 Å². The zero-order chi connectivity index (χ0) is 13.9. The van der Waals surface area contributed by atoms with Crippen LogP contribution < -0.4 is 9.16 Å². The Balaban J connectivity index is 3.42. The third kappa shape index (κ3) is 3.07. The predicted octanol–water partition coefficient (Wildman–Crippen LogP) is 2.63. The normalized spacial score (nSPS) is 10.9. The van der Waals surface area contributed by atoms with Gasteiger partial charge in [-0.1, -0.05) is 0 Å². The molecule has 0 unspecified atom stereocenters. The fraction of sp³-hybridized carbons (Fsp3) is 0.364. The molecule has 0 saturated heterocycles. The number of nitro groups is 1. The first-order chi connectivity index (χ1) is 8.30. The van der Waals surface area contributed by atoms with E-state index in [9.17, 15) is 14.9 Å². The summed E-state index contributed by atoms with van der Waals surface area (Å²) in [4.78, 5) is 21.2. The lowest BCUT2D eigenvalue weighted by Crippen LogP contribution is -2.29. The van der Waals surface area contributed by atoms with Crippen LogP contribution in [0.2, 0.25) is 19.6 Å². The van der Waals surface area contributed by atoms with Crippen molar-refractivity contribution in [2.75, 3.05) is 7.11 Å². The summed E-state index contributed by atoms with van der Waals surface area (Å²) < 4.78 is 10.7. The number of carbonyl (C=O) groups is 1. The van der Waals surface area contributed by atoms with Crippen molar-refractivity contribution in [3.63, 3.8) is 0 Å². The summed E-state index contributed by atoms with van der Waals surface area (Å²) in [6.45, 7) is 5.85. The van der Waals surface area contributed by atoms with E-state index in [-0.39, 0.29) is 17.0 Å². The van der Waals surface area contributed by atoms with E-state index in [1.807, 2.05) is 19.6 Å². The van der Waals surface area contributed by atoms with Crippen molar-refractivity contribution >= 4 is 20.3 Å². The Morgan fingerprint density at radius 3 is 2.33 bits per heavy atom. The number of methoxy groups -OCH3 is 1. The highest BCUT2D eigenvalue weighted by Gasteiger charge is 2.27. The summed E-state index contributed by atoms with van der Waals surface area (Å²) in [6.07, 6.45) is 0.430. The molecule has 7 heteroatoms. The molecule has 1 aromatic rings. The summed E-state index contributed by atoms with van der Waals surface area (Å²) in [5.74, 6) is 0.293. The Bertz CT molecular complexity index is 481. The maximum atomic E-state index is 11.0. The summed E-state index contributed by atoms with van der Waals surface area (Å²) >= 11 is 0. The standard InChI is InChI=1S/C11H15NO5Si/c1-16-11-9(17-18(2,3)4)6-5-8(7-13)10(11)12(14)15/h5-7H,1-4H3. The topological polar surface area (TPSA) is 78.7 Å². The lowest BCUT2D eigenvalue weighted by molar-refractivity contribution is -0.386. The number of hydrogen-bond donors (Lipinski definition) is 0. The number of ether oxygens (including phenoxy) is 1. The molecular formula is C11H15NO5Si. The molecule has 1 rings (SSSR count). The van der Waals surface area contributed by atoms with Crippen LogP contribution in [0.15, 0.2) is 12.1 Å². The number of benzene rings is 1. The lowest BCUT2D eigenvalue weighted by Gasteiger charge is -2.21. The summed E-state index contributed by atoms with van der Waals surface area (Å²) in [5, 5.41) is 11.0. The molecule has 0 spiro atoms. The van der Waals surface area contributed by atoms with Gasteiger partial charge in [0.25, 0.3) is 0 Å². The highest BCUT2D eigenvalue weighted by molar-refractivity contribution is 6.70. The van der Waals surface area contributed by atoms with E-state index in [0.29, 0.717) is 12.0 Å². The van der Waals surface area contributed by atoms with Gasteiger partial charge >= 0.3 is 5.69 Å². The molecule has 6 nitrogen and oxygen atoms in total. The quantitative estimate of drug-likeness (QED) is 0.355. The van der Waals surface area contributed by atoms with Crippen molar-refractivity contribution in [3.05, 3.63) is 27.8 Å². The molecular weight excluding hydrogens is 254 g/mol. The second-order valence-electron chi connectivity index (χ2n) is 4.62.